The van der Waals surface area contributed by atoms with E-state index in [1.165, 1.54) is 6.07 Å². The maximum absolute atomic E-state index is 13.8. The molecular formula is C21H23FN4O3. The maximum atomic E-state index is 13.8. The molecule has 0 bridgehead atoms. The number of imide groups is 1. The second kappa shape index (κ2) is 8.40. The second-order valence-corrected chi connectivity index (χ2v) is 6.99. The van der Waals surface area contributed by atoms with Crippen molar-refractivity contribution in [3.8, 4) is 0 Å². The zero-order valence-electron chi connectivity index (χ0n) is 16.3. The Kier molecular flexibility index (Phi) is 5.93. The van der Waals surface area contributed by atoms with Gasteiger partial charge in [-0.05, 0) is 25.1 Å². The lowest BCUT2D eigenvalue weighted by atomic mass is 9.87. The third kappa shape index (κ3) is 4.12. The van der Waals surface area contributed by atoms with E-state index < -0.39 is 23.4 Å². The van der Waals surface area contributed by atoms with Crippen molar-refractivity contribution in [3.63, 3.8) is 0 Å². The van der Waals surface area contributed by atoms with E-state index in [1.54, 1.807) is 61.3 Å². The fourth-order valence-corrected chi connectivity index (χ4v) is 3.42. The molecule has 2 N–H and O–H groups in total. The lowest BCUT2D eigenvalue weighted by Crippen LogP contribution is -2.50. The fraction of sp³-hybridized carbons (Fsp3) is 0.286. The fourth-order valence-electron chi connectivity index (χ4n) is 3.42. The van der Waals surface area contributed by atoms with Gasteiger partial charge < -0.3 is 5.32 Å². The number of benzene rings is 2. The van der Waals surface area contributed by atoms with Crippen molar-refractivity contribution in [2.45, 2.75) is 25.4 Å². The number of amides is 4. The predicted molar refractivity (Wildman–Crippen MR) is 105 cm³/mol. The van der Waals surface area contributed by atoms with E-state index in [1.807, 2.05) is 6.07 Å². The summed E-state index contributed by atoms with van der Waals surface area (Å²) in [6, 6.07) is 14.5. The molecule has 152 valence electrons. The minimum atomic E-state index is -1.22. The minimum absolute atomic E-state index is 0.115. The smallest absolute Gasteiger partial charge is 0.318 e. The van der Waals surface area contributed by atoms with Crippen molar-refractivity contribution in [1.29, 1.82) is 0 Å². The van der Waals surface area contributed by atoms with E-state index in [9.17, 15) is 18.8 Å². The van der Waals surface area contributed by atoms with Gasteiger partial charge in [-0.15, -0.1) is 0 Å². The van der Waals surface area contributed by atoms with Crippen LogP contribution in [0.5, 0.6) is 0 Å². The summed E-state index contributed by atoms with van der Waals surface area (Å²) in [7, 11) is 1.65. The number of urea groups is 1. The number of nitrogens with zero attached hydrogens (tertiary/aromatic N) is 2. The monoisotopic (exact) mass is 398 g/mol. The van der Waals surface area contributed by atoms with Crippen LogP contribution in [-0.2, 0) is 21.7 Å². The summed E-state index contributed by atoms with van der Waals surface area (Å²) in [4.78, 5) is 39.4. The number of hydrogen-bond donors (Lipinski definition) is 2. The van der Waals surface area contributed by atoms with E-state index in [2.05, 4.69) is 10.7 Å². The third-order valence-corrected chi connectivity index (χ3v) is 4.94. The zero-order chi connectivity index (χ0) is 21.0. The van der Waals surface area contributed by atoms with Crippen molar-refractivity contribution in [2.24, 2.45) is 0 Å². The first-order chi connectivity index (χ1) is 13.9. The lowest BCUT2D eigenvalue weighted by molar-refractivity contribution is -0.139. The first-order valence-corrected chi connectivity index (χ1v) is 9.31. The van der Waals surface area contributed by atoms with Crippen LogP contribution in [0.2, 0.25) is 0 Å². The molecular weight excluding hydrogens is 375 g/mol. The zero-order valence-corrected chi connectivity index (χ0v) is 16.3. The number of likely N-dealkylation sites (N-methyl/N-ethyl adjacent to an activating group) is 1. The van der Waals surface area contributed by atoms with Gasteiger partial charge in [-0.25, -0.2) is 9.18 Å². The molecule has 7 nitrogen and oxygen atoms in total. The highest BCUT2D eigenvalue weighted by atomic mass is 19.1. The van der Waals surface area contributed by atoms with Crippen LogP contribution in [0.4, 0.5) is 9.18 Å². The summed E-state index contributed by atoms with van der Waals surface area (Å²) >= 11 is 0. The molecule has 1 saturated heterocycles. The molecule has 1 aliphatic heterocycles. The molecule has 8 heteroatoms. The number of hydrazine groups is 1. The summed E-state index contributed by atoms with van der Waals surface area (Å²) < 4.78 is 13.8. The Morgan fingerprint density at radius 1 is 1.14 bits per heavy atom. The van der Waals surface area contributed by atoms with Crippen LogP contribution in [0.25, 0.3) is 0 Å². The first-order valence-electron chi connectivity index (χ1n) is 9.31. The molecule has 2 aromatic carbocycles. The molecule has 0 saturated carbocycles. The van der Waals surface area contributed by atoms with Gasteiger partial charge in [0.2, 0.25) is 0 Å². The van der Waals surface area contributed by atoms with Gasteiger partial charge in [-0.3, -0.25) is 19.9 Å². The normalized spacial score (nSPS) is 18.8. The molecule has 1 aliphatic rings. The maximum Gasteiger partial charge on any atom is 0.344 e. The topological polar surface area (TPSA) is 81.8 Å². The number of rotatable bonds is 7. The molecule has 0 radical (unpaired) electrons. The van der Waals surface area contributed by atoms with E-state index in [4.69, 9.17) is 0 Å². The minimum Gasteiger partial charge on any atom is -0.318 e. The Labute approximate surface area is 168 Å². The highest BCUT2D eigenvalue weighted by molar-refractivity contribution is 6.08. The van der Waals surface area contributed by atoms with Gasteiger partial charge >= 0.3 is 6.03 Å². The Morgan fingerprint density at radius 3 is 2.45 bits per heavy atom. The average molecular weight is 398 g/mol. The second-order valence-electron chi connectivity index (χ2n) is 6.99. The van der Waals surface area contributed by atoms with Crippen LogP contribution in [0.15, 0.2) is 54.6 Å². The summed E-state index contributed by atoms with van der Waals surface area (Å²) in [5.41, 5.74) is 2.25. The lowest BCUT2D eigenvalue weighted by Gasteiger charge is -2.25. The van der Waals surface area contributed by atoms with Crippen molar-refractivity contribution in [2.75, 3.05) is 13.6 Å². The highest BCUT2D eigenvalue weighted by Gasteiger charge is 2.52. The molecule has 0 unspecified atom stereocenters. The van der Waals surface area contributed by atoms with Crippen molar-refractivity contribution in [3.05, 3.63) is 71.5 Å². The van der Waals surface area contributed by atoms with E-state index in [0.29, 0.717) is 17.5 Å². The van der Waals surface area contributed by atoms with E-state index in [0.717, 1.165) is 5.01 Å². The van der Waals surface area contributed by atoms with Crippen molar-refractivity contribution >= 4 is 17.8 Å². The quantitative estimate of drug-likeness (QED) is 0.701. The molecule has 0 aliphatic carbocycles. The van der Waals surface area contributed by atoms with Gasteiger partial charge in [0.25, 0.3) is 11.8 Å². The Bertz CT molecular complexity index is 921. The summed E-state index contributed by atoms with van der Waals surface area (Å²) in [5, 5.41) is 3.42. The van der Waals surface area contributed by atoms with Crippen molar-refractivity contribution < 1.29 is 18.8 Å². The van der Waals surface area contributed by atoms with Gasteiger partial charge in [-0.1, -0.05) is 55.5 Å². The Balaban J connectivity index is 1.66. The number of carbonyl (C=O) groups is 3. The number of hydrogen-bond acceptors (Lipinski definition) is 4. The molecule has 2 aromatic rings. The van der Waals surface area contributed by atoms with Gasteiger partial charge in [0.15, 0.2) is 0 Å². The molecule has 1 fully saturated rings. The number of halogens is 1. The summed E-state index contributed by atoms with van der Waals surface area (Å²) in [6.45, 7) is 1.89. The number of carbonyl (C=O) groups excluding carboxylic acids is 3. The van der Waals surface area contributed by atoms with Crippen LogP contribution in [0.1, 0.15) is 24.5 Å². The molecule has 3 rings (SSSR count). The van der Waals surface area contributed by atoms with E-state index >= 15 is 0 Å². The summed E-state index contributed by atoms with van der Waals surface area (Å²) in [6.07, 6.45) is 0.334. The largest absolute Gasteiger partial charge is 0.344 e. The first kappa shape index (κ1) is 20.5. The third-order valence-electron chi connectivity index (χ3n) is 4.94. The van der Waals surface area contributed by atoms with Gasteiger partial charge in [0.1, 0.15) is 11.4 Å². The highest BCUT2D eigenvalue weighted by Crippen LogP contribution is 2.31. The molecule has 29 heavy (non-hydrogen) atoms. The van der Waals surface area contributed by atoms with Crippen molar-refractivity contribution in [1.82, 2.24) is 20.7 Å². The van der Waals surface area contributed by atoms with Crippen LogP contribution in [-0.4, -0.2) is 41.3 Å². The van der Waals surface area contributed by atoms with Gasteiger partial charge in [0, 0.05) is 12.1 Å². The molecule has 0 aromatic heterocycles. The predicted octanol–water partition coefficient (Wildman–Crippen LogP) is 2.15. The number of nitrogens with one attached hydrogen (secondary N) is 2. The Morgan fingerprint density at radius 2 is 1.79 bits per heavy atom. The summed E-state index contributed by atoms with van der Waals surface area (Å²) in [5.74, 6) is -1.45. The standard InChI is InChI=1S/C21H23FN4O3/c1-3-21(16-10-5-4-6-11-16)19(28)26(20(29)23-21)24-18(27)14-25(2)13-15-9-7-8-12-17(15)22/h4-12H,3,13-14H2,1-2H3,(H,23,29)(H,24,27)/t21-/m0/s1. The Hall–Kier alpha value is -3.26. The molecule has 1 heterocycles. The molecule has 1 atom stereocenters. The SMILES string of the molecule is CC[C@@]1(c2ccccc2)NC(=O)N(NC(=O)CN(C)Cc2ccccc2F)C1=O. The van der Waals surface area contributed by atoms with E-state index in [-0.39, 0.29) is 18.9 Å². The van der Waals surface area contributed by atoms with Crippen LogP contribution >= 0.6 is 0 Å². The van der Waals surface area contributed by atoms with Gasteiger partial charge in [-0.2, -0.15) is 5.01 Å². The average Bonchev–Trinajstić information content (AvgIpc) is 2.95. The van der Waals surface area contributed by atoms with Gasteiger partial charge in [0.05, 0.1) is 6.54 Å². The van der Waals surface area contributed by atoms with Crippen LogP contribution in [0, 0.1) is 5.82 Å². The van der Waals surface area contributed by atoms with Crippen LogP contribution in [0.3, 0.4) is 0 Å². The van der Waals surface area contributed by atoms with Crippen LogP contribution < -0.4 is 10.7 Å². The molecule has 4 amide bonds. The molecule has 0 spiro atoms.